The molecule has 2 aromatic carbocycles. The Balaban J connectivity index is 1.79. The fourth-order valence-corrected chi connectivity index (χ4v) is 5.88. The van der Waals surface area contributed by atoms with E-state index < -0.39 is 0 Å². The van der Waals surface area contributed by atoms with Crippen LogP contribution in [0.25, 0.3) is 21.3 Å². The molecule has 2 aromatic heterocycles. The van der Waals surface area contributed by atoms with Crippen molar-refractivity contribution in [1.29, 1.82) is 0 Å². The first-order chi connectivity index (χ1) is 13.1. The number of aromatic nitrogens is 2. The Morgan fingerprint density at radius 3 is 2.48 bits per heavy atom. The average molecular weight is 452 g/mol. The second kappa shape index (κ2) is 7.98. The molecule has 0 unspecified atom stereocenters. The van der Waals surface area contributed by atoms with Gasteiger partial charge in [-0.1, -0.05) is 65.1 Å². The van der Waals surface area contributed by atoms with Gasteiger partial charge in [0.05, 0.1) is 15.4 Å². The molecule has 2 nitrogen and oxygen atoms in total. The zero-order chi connectivity index (χ0) is 19.0. The molecule has 2 heterocycles. The van der Waals surface area contributed by atoms with Crippen LogP contribution in [0.4, 0.5) is 0 Å². The lowest BCUT2D eigenvalue weighted by atomic mass is 10.0. The van der Waals surface area contributed by atoms with Crippen LogP contribution in [-0.2, 0) is 5.75 Å². The highest BCUT2D eigenvalue weighted by atomic mass is 35.5. The van der Waals surface area contributed by atoms with Crippen LogP contribution in [0.1, 0.15) is 10.4 Å². The number of benzene rings is 2. The van der Waals surface area contributed by atoms with Crippen LogP contribution in [0, 0.1) is 6.92 Å². The van der Waals surface area contributed by atoms with Gasteiger partial charge in [-0.25, -0.2) is 9.97 Å². The summed E-state index contributed by atoms with van der Waals surface area (Å²) in [5.74, 6) is 0.577. The van der Waals surface area contributed by atoms with E-state index in [0.29, 0.717) is 20.8 Å². The molecular weight excluding hydrogens is 439 g/mol. The van der Waals surface area contributed by atoms with Crippen molar-refractivity contribution >= 4 is 68.1 Å². The van der Waals surface area contributed by atoms with Crippen molar-refractivity contribution in [2.75, 3.05) is 0 Å². The Kier molecular flexibility index (Phi) is 5.62. The fourth-order valence-electron chi connectivity index (χ4n) is 2.92. The van der Waals surface area contributed by atoms with Crippen LogP contribution >= 0.6 is 57.9 Å². The number of nitrogens with zero attached hydrogens (tertiary/aromatic N) is 2. The highest BCUT2D eigenvalue weighted by molar-refractivity contribution is 7.98. The van der Waals surface area contributed by atoms with Gasteiger partial charge in [-0.05, 0) is 24.6 Å². The van der Waals surface area contributed by atoms with Gasteiger partial charge in [0.1, 0.15) is 16.2 Å². The first-order valence-electron chi connectivity index (χ1n) is 8.11. The molecule has 0 saturated heterocycles. The number of fused-ring (bicyclic) bond motifs is 1. The van der Waals surface area contributed by atoms with Crippen molar-refractivity contribution in [2.24, 2.45) is 0 Å². The number of thioether (sulfide) groups is 1. The zero-order valence-corrected chi connectivity index (χ0v) is 18.1. The minimum atomic E-state index is 0.492. The first kappa shape index (κ1) is 19.0. The van der Waals surface area contributed by atoms with E-state index in [1.807, 2.05) is 18.2 Å². The van der Waals surface area contributed by atoms with Gasteiger partial charge in [0.15, 0.2) is 0 Å². The third kappa shape index (κ3) is 3.69. The maximum Gasteiger partial charge on any atom is 0.128 e. The van der Waals surface area contributed by atoms with Gasteiger partial charge >= 0.3 is 0 Å². The average Bonchev–Trinajstić information content (AvgIpc) is 3.02. The minimum absolute atomic E-state index is 0.492. The Bertz CT molecular complexity index is 1130. The molecule has 0 aliphatic carbocycles. The SMILES string of the molecule is Cc1sc2ncnc(SCc3c(Cl)ccc(Cl)c3Cl)c2c1-c1ccccc1. The van der Waals surface area contributed by atoms with E-state index in [-0.39, 0.29) is 0 Å². The summed E-state index contributed by atoms with van der Waals surface area (Å²) in [6.45, 7) is 2.12. The molecule has 27 heavy (non-hydrogen) atoms. The lowest BCUT2D eigenvalue weighted by molar-refractivity contribution is 1.11. The Hall–Kier alpha value is -1.30. The van der Waals surface area contributed by atoms with E-state index in [0.717, 1.165) is 26.4 Å². The Morgan fingerprint density at radius 2 is 1.70 bits per heavy atom. The third-order valence-electron chi connectivity index (χ3n) is 4.18. The molecule has 4 aromatic rings. The maximum absolute atomic E-state index is 6.35. The monoisotopic (exact) mass is 450 g/mol. The highest BCUT2D eigenvalue weighted by Gasteiger charge is 2.18. The van der Waals surface area contributed by atoms with Gasteiger partial charge in [-0.3, -0.25) is 0 Å². The summed E-state index contributed by atoms with van der Waals surface area (Å²) in [4.78, 5) is 11.2. The Morgan fingerprint density at radius 1 is 0.963 bits per heavy atom. The summed E-state index contributed by atoms with van der Waals surface area (Å²) < 4.78 is 0. The van der Waals surface area contributed by atoms with Gasteiger partial charge in [-0.15, -0.1) is 23.1 Å². The molecule has 0 fully saturated rings. The van der Waals surface area contributed by atoms with Gasteiger partial charge < -0.3 is 0 Å². The molecule has 0 saturated carbocycles. The van der Waals surface area contributed by atoms with Crippen LogP contribution in [-0.4, -0.2) is 9.97 Å². The lowest BCUT2D eigenvalue weighted by Gasteiger charge is -2.09. The zero-order valence-electron chi connectivity index (χ0n) is 14.2. The molecule has 0 amide bonds. The van der Waals surface area contributed by atoms with Crippen LogP contribution in [0.2, 0.25) is 15.1 Å². The molecule has 136 valence electrons. The van der Waals surface area contributed by atoms with Crippen LogP contribution in [0.3, 0.4) is 0 Å². The summed E-state index contributed by atoms with van der Waals surface area (Å²) in [6, 6.07) is 13.8. The van der Waals surface area contributed by atoms with Crippen LogP contribution in [0.15, 0.2) is 53.8 Å². The van der Waals surface area contributed by atoms with Gasteiger partial charge in [0.25, 0.3) is 0 Å². The molecule has 4 rings (SSSR count). The van der Waals surface area contributed by atoms with Crippen molar-refractivity contribution in [3.63, 3.8) is 0 Å². The summed E-state index contributed by atoms with van der Waals surface area (Å²) >= 11 is 22.1. The van der Waals surface area contributed by atoms with E-state index in [4.69, 9.17) is 34.8 Å². The molecule has 0 atom stereocenters. The van der Waals surface area contributed by atoms with Crippen molar-refractivity contribution in [3.8, 4) is 11.1 Å². The molecule has 0 spiro atoms. The topological polar surface area (TPSA) is 25.8 Å². The summed E-state index contributed by atoms with van der Waals surface area (Å²) in [7, 11) is 0. The number of aryl methyl sites for hydroxylation is 1. The highest BCUT2D eigenvalue weighted by Crippen LogP contribution is 2.43. The largest absolute Gasteiger partial charge is 0.229 e. The molecule has 0 aliphatic rings. The standard InChI is InChI=1S/C20H13Cl3N2S2/c1-11-16(12-5-3-2-4-6-12)17-19(24-10-25-20(17)27-11)26-9-13-14(21)7-8-15(22)18(13)23/h2-8,10H,9H2,1H3. The first-order valence-corrected chi connectivity index (χ1v) is 11.0. The summed E-state index contributed by atoms with van der Waals surface area (Å²) in [5.41, 5.74) is 3.16. The summed E-state index contributed by atoms with van der Waals surface area (Å²) in [5, 5.41) is 3.58. The van der Waals surface area contributed by atoms with Gasteiger partial charge in [0.2, 0.25) is 0 Å². The molecule has 0 radical (unpaired) electrons. The summed E-state index contributed by atoms with van der Waals surface area (Å²) in [6.07, 6.45) is 1.61. The minimum Gasteiger partial charge on any atom is -0.229 e. The second-order valence-corrected chi connectivity index (χ2v) is 9.23. The van der Waals surface area contributed by atoms with Crippen molar-refractivity contribution in [2.45, 2.75) is 17.7 Å². The van der Waals surface area contributed by atoms with Crippen LogP contribution < -0.4 is 0 Å². The van der Waals surface area contributed by atoms with E-state index >= 15 is 0 Å². The van der Waals surface area contributed by atoms with E-state index in [1.54, 1.807) is 41.6 Å². The second-order valence-electron chi connectivity index (χ2n) is 5.87. The van der Waals surface area contributed by atoms with Crippen molar-refractivity contribution < 1.29 is 0 Å². The number of hydrogen-bond acceptors (Lipinski definition) is 4. The smallest absolute Gasteiger partial charge is 0.128 e. The quantitative estimate of drug-likeness (QED) is 0.179. The molecule has 7 heteroatoms. The van der Waals surface area contributed by atoms with Gasteiger partial charge in [-0.2, -0.15) is 0 Å². The molecule has 0 N–H and O–H groups in total. The van der Waals surface area contributed by atoms with Gasteiger partial charge in [0, 0.05) is 26.8 Å². The van der Waals surface area contributed by atoms with Crippen LogP contribution in [0.5, 0.6) is 0 Å². The number of rotatable bonds is 4. The number of hydrogen-bond donors (Lipinski definition) is 0. The third-order valence-corrected chi connectivity index (χ3v) is 7.41. The molecule has 0 aliphatic heterocycles. The van der Waals surface area contributed by atoms with E-state index in [1.165, 1.54) is 10.4 Å². The van der Waals surface area contributed by atoms with E-state index in [2.05, 4.69) is 29.0 Å². The lowest BCUT2D eigenvalue weighted by Crippen LogP contribution is -1.90. The predicted molar refractivity (Wildman–Crippen MR) is 119 cm³/mol. The predicted octanol–water partition coefficient (Wildman–Crippen LogP) is 7.92. The number of halogens is 3. The van der Waals surface area contributed by atoms with Crippen molar-refractivity contribution in [3.05, 3.63) is 74.3 Å². The molecule has 0 bridgehead atoms. The Labute approximate surface area is 180 Å². The normalized spacial score (nSPS) is 11.3. The maximum atomic E-state index is 6.35. The molecular formula is C20H13Cl3N2S2. The van der Waals surface area contributed by atoms with Crippen molar-refractivity contribution in [1.82, 2.24) is 9.97 Å². The fraction of sp³-hybridized carbons (Fsp3) is 0.100. The van der Waals surface area contributed by atoms with E-state index in [9.17, 15) is 0 Å². The number of thiophene rings is 1.